The van der Waals surface area contributed by atoms with Crippen molar-refractivity contribution < 1.29 is 14.3 Å². The molecule has 1 N–H and O–H groups in total. The van der Waals surface area contributed by atoms with E-state index >= 15 is 0 Å². The van der Waals surface area contributed by atoms with E-state index in [1.54, 1.807) is 13.4 Å². The molecule has 0 aliphatic carbocycles. The number of aromatic nitrogens is 3. The van der Waals surface area contributed by atoms with Gasteiger partial charge in [-0.25, -0.2) is 0 Å². The molecule has 1 aromatic carbocycles. The van der Waals surface area contributed by atoms with E-state index in [0.717, 1.165) is 30.9 Å². The fourth-order valence-corrected chi connectivity index (χ4v) is 3.28. The topological polar surface area (TPSA) is 78.3 Å². The first-order chi connectivity index (χ1) is 11.8. The van der Waals surface area contributed by atoms with Crippen molar-refractivity contribution in [3.05, 3.63) is 30.6 Å². The normalized spacial score (nSPS) is 17.0. The fraction of sp³-hybridized carbons (Fsp3) is 0.438. The molecule has 2 heterocycles. The molecule has 1 amide bonds. The van der Waals surface area contributed by atoms with Crippen LogP contribution in [0.25, 0.3) is 5.69 Å². The highest BCUT2D eigenvalue weighted by Gasteiger charge is 2.17. The van der Waals surface area contributed by atoms with E-state index in [2.05, 4.69) is 15.5 Å². The quantitative estimate of drug-likeness (QED) is 0.767. The summed E-state index contributed by atoms with van der Waals surface area (Å²) in [4.78, 5) is 12.0. The van der Waals surface area contributed by atoms with Gasteiger partial charge in [-0.2, -0.15) is 0 Å². The second kappa shape index (κ2) is 8.16. The van der Waals surface area contributed by atoms with Crippen molar-refractivity contribution >= 4 is 17.7 Å². The summed E-state index contributed by atoms with van der Waals surface area (Å²) in [5, 5.41) is 11.6. The molecule has 128 valence electrons. The molecule has 1 saturated heterocycles. The summed E-state index contributed by atoms with van der Waals surface area (Å²) in [6, 6.07) is 7.61. The number of thioether (sulfide) groups is 1. The minimum Gasteiger partial charge on any atom is -0.495 e. The van der Waals surface area contributed by atoms with Gasteiger partial charge in [0, 0.05) is 13.2 Å². The van der Waals surface area contributed by atoms with Crippen LogP contribution in [-0.2, 0) is 9.53 Å². The highest BCUT2D eigenvalue weighted by Crippen LogP contribution is 2.26. The molecule has 1 fully saturated rings. The van der Waals surface area contributed by atoms with Crippen LogP contribution >= 0.6 is 11.8 Å². The Balaban J connectivity index is 1.58. The van der Waals surface area contributed by atoms with Gasteiger partial charge >= 0.3 is 0 Å². The molecule has 1 aliphatic heterocycles. The van der Waals surface area contributed by atoms with E-state index in [1.165, 1.54) is 11.8 Å². The van der Waals surface area contributed by atoms with Crippen LogP contribution in [0.2, 0.25) is 0 Å². The van der Waals surface area contributed by atoms with Crippen LogP contribution in [0.5, 0.6) is 5.75 Å². The van der Waals surface area contributed by atoms with E-state index in [-0.39, 0.29) is 17.8 Å². The number of benzene rings is 1. The molecule has 0 unspecified atom stereocenters. The first-order valence-corrected chi connectivity index (χ1v) is 8.81. The lowest BCUT2D eigenvalue weighted by Gasteiger charge is -2.12. The van der Waals surface area contributed by atoms with Gasteiger partial charge in [0.1, 0.15) is 12.1 Å². The van der Waals surface area contributed by atoms with Crippen LogP contribution in [0.1, 0.15) is 12.8 Å². The fourth-order valence-electron chi connectivity index (χ4n) is 2.53. The molecule has 3 rings (SSSR count). The highest BCUT2D eigenvalue weighted by molar-refractivity contribution is 7.99. The average Bonchev–Trinajstić information content (AvgIpc) is 3.29. The van der Waals surface area contributed by atoms with Crippen LogP contribution in [0.4, 0.5) is 0 Å². The minimum absolute atomic E-state index is 0.0370. The van der Waals surface area contributed by atoms with Crippen LogP contribution in [0.3, 0.4) is 0 Å². The number of nitrogens with zero attached hydrogens (tertiary/aromatic N) is 3. The van der Waals surface area contributed by atoms with Crippen LogP contribution in [0.15, 0.2) is 35.7 Å². The molecule has 0 spiro atoms. The van der Waals surface area contributed by atoms with Gasteiger partial charge in [0.05, 0.1) is 24.7 Å². The van der Waals surface area contributed by atoms with E-state index in [4.69, 9.17) is 9.47 Å². The first kappa shape index (κ1) is 16.8. The van der Waals surface area contributed by atoms with E-state index in [9.17, 15) is 4.79 Å². The highest BCUT2D eigenvalue weighted by atomic mass is 32.2. The number of nitrogens with one attached hydrogen (secondary N) is 1. The van der Waals surface area contributed by atoms with Gasteiger partial charge in [0.15, 0.2) is 5.16 Å². The van der Waals surface area contributed by atoms with E-state index < -0.39 is 0 Å². The van der Waals surface area contributed by atoms with Crippen molar-refractivity contribution in [2.24, 2.45) is 0 Å². The Kier molecular flexibility index (Phi) is 5.71. The maximum Gasteiger partial charge on any atom is 0.230 e. The molecule has 24 heavy (non-hydrogen) atoms. The average molecular weight is 348 g/mol. The van der Waals surface area contributed by atoms with Gasteiger partial charge in [-0.05, 0) is 25.0 Å². The van der Waals surface area contributed by atoms with Gasteiger partial charge in [-0.3, -0.25) is 9.36 Å². The molecule has 0 bridgehead atoms. The lowest BCUT2D eigenvalue weighted by Crippen LogP contribution is -2.32. The van der Waals surface area contributed by atoms with E-state index in [0.29, 0.717) is 11.7 Å². The summed E-state index contributed by atoms with van der Waals surface area (Å²) in [6.07, 6.45) is 3.84. The smallest absolute Gasteiger partial charge is 0.230 e. The predicted molar refractivity (Wildman–Crippen MR) is 90.6 cm³/mol. The summed E-state index contributed by atoms with van der Waals surface area (Å²) >= 11 is 1.34. The Morgan fingerprint density at radius 3 is 3.17 bits per heavy atom. The Morgan fingerprint density at radius 2 is 2.38 bits per heavy atom. The number of hydrogen-bond donors (Lipinski definition) is 1. The SMILES string of the molecule is COc1ccccc1-n1cnnc1SCC(=O)NC[C@@H]1CCCO1. The Morgan fingerprint density at radius 1 is 1.50 bits per heavy atom. The maximum absolute atomic E-state index is 12.0. The summed E-state index contributed by atoms with van der Waals surface area (Å²) in [7, 11) is 1.62. The lowest BCUT2D eigenvalue weighted by atomic mass is 10.2. The minimum atomic E-state index is -0.0370. The van der Waals surface area contributed by atoms with Crippen molar-refractivity contribution in [2.45, 2.75) is 24.1 Å². The molecule has 2 aromatic rings. The standard InChI is InChI=1S/C16H20N4O3S/c1-22-14-7-3-2-6-13(14)20-11-18-19-16(20)24-10-15(21)17-9-12-5-4-8-23-12/h2-3,6-7,11-12H,4-5,8-10H2,1H3,(H,17,21)/t12-/m0/s1. The number of amides is 1. The number of methoxy groups -OCH3 is 1. The zero-order chi connectivity index (χ0) is 16.8. The Bertz CT molecular complexity index is 685. The molecule has 8 heteroatoms. The molecule has 7 nitrogen and oxygen atoms in total. The zero-order valence-electron chi connectivity index (χ0n) is 13.5. The second-order valence-electron chi connectivity index (χ2n) is 5.38. The number of carbonyl (C=O) groups is 1. The second-order valence-corrected chi connectivity index (χ2v) is 6.33. The number of ether oxygens (including phenoxy) is 2. The molecule has 1 atom stereocenters. The largest absolute Gasteiger partial charge is 0.495 e. The van der Waals surface area contributed by atoms with Crippen molar-refractivity contribution in [1.82, 2.24) is 20.1 Å². The Hall–Kier alpha value is -2.06. The number of hydrogen-bond acceptors (Lipinski definition) is 6. The lowest BCUT2D eigenvalue weighted by molar-refractivity contribution is -0.119. The summed E-state index contributed by atoms with van der Waals surface area (Å²) in [5.74, 6) is 0.965. The summed E-state index contributed by atoms with van der Waals surface area (Å²) in [5.41, 5.74) is 0.840. The molecular formula is C16H20N4O3S. The summed E-state index contributed by atoms with van der Waals surface area (Å²) in [6.45, 7) is 1.36. The van der Waals surface area contributed by atoms with Crippen molar-refractivity contribution in [3.63, 3.8) is 0 Å². The molecular weight excluding hydrogens is 328 g/mol. The molecule has 0 radical (unpaired) electrons. The third kappa shape index (κ3) is 4.07. The van der Waals surface area contributed by atoms with Gasteiger partial charge in [0.2, 0.25) is 5.91 Å². The van der Waals surface area contributed by atoms with Crippen LogP contribution in [-0.4, -0.2) is 52.8 Å². The zero-order valence-corrected chi connectivity index (χ0v) is 14.3. The van der Waals surface area contributed by atoms with Gasteiger partial charge in [-0.15, -0.1) is 10.2 Å². The third-order valence-electron chi connectivity index (χ3n) is 3.74. The van der Waals surface area contributed by atoms with E-state index in [1.807, 2.05) is 28.8 Å². The van der Waals surface area contributed by atoms with Crippen LogP contribution < -0.4 is 10.1 Å². The van der Waals surface area contributed by atoms with Gasteiger partial charge in [0.25, 0.3) is 0 Å². The van der Waals surface area contributed by atoms with Gasteiger partial charge in [-0.1, -0.05) is 23.9 Å². The summed E-state index contributed by atoms with van der Waals surface area (Å²) < 4.78 is 12.7. The maximum atomic E-state index is 12.0. The third-order valence-corrected chi connectivity index (χ3v) is 4.69. The number of rotatable bonds is 7. The van der Waals surface area contributed by atoms with Crippen molar-refractivity contribution in [1.29, 1.82) is 0 Å². The molecule has 1 aliphatic rings. The number of carbonyl (C=O) groups excluding carboxylic acids is 1. The molecule has 1 aromatic heterocycles. The van der Waals surface area contributed by atoms with Crippen LogP contribution in [0, 0.1) is 0 Å². The monoisotopic (exact) mass is 348 g/mol. The van der Waals surface area contributed by atoms with Crippen molar-refractivity contribution in [2.75, 3.05) is 26.0 Å². The van der Waals surface area contributed by atoms with Crippen molar-refractivity contribution in [3.8, 4) is 11.4 Å². The van der Waals surface area contributed by atoms with Gasteiger partial charge < -0.3 is 14.8 Å². The predicted octanol–water partition coefficient (Wildman–Crippen LogP) is 1.66. The Labute approximate surface area is 144 Å². The number of para-hydroxylation sites is 2. The molecule has 0 saturated carbocycles. The first-order valence-electron chi connectivity index (χ1n) is 7.82.